The maximum absolute atomic E-state index is 5.47. The van der Waals surface area contributed by atoms with Crippen LogP contribution in [0.2, 0.25) is 0 Å². The van der Waals surface area contributed by atoms with E-state index in [2.05, 4.69) is 32.2 Å². The fourth-order valence-corrected chi connectivity index (χ4v) is 2.33. The first-order chi connectivity index (χ1) is 7.49. The molecule has 16 heavy (non-hydrogen) atoms. The SMILES string of the molecule is CC(C)(C)NCC1(Cc2ccco2)CCC1. The largest absolute Gasteiger partial charge is 0.469 e. The molecule has 1 aromatic heterocycles. The third kappa shape index (κ3) is 2.88. The van der Waals surface area contributed by atoms with Crippen LogP contribution in [-0.4, -0.2) is 12.1 Å². The number of furan rings is 1. The number of rotatable bonds is 4. The Hall–Kier alpha value is -0.760. The summed E-state index contributed by atoms with van der Waals surface area (Å²) in [6.45, 7) is 7.79. The maximum atomic E-state index is 5.47. The van der Waals surface area contributed by atoms with Crippen LogP contribution in [0.5, 0.6) is 0 Å². The van der Waals surface area contributed by atoms with Gasteiger partial charge in [0, 0.05) is 18.5 Å². The zero-order valence-corrected chi connectivity index (χ0v) is 10.7. The van der Waals surface area contributed by atoms with Crippen molar-refractivity contribution in [3.8, 4) is 0 Å². The van der Waals surface area contributed by atoms with Crippen molar-refractivity contribution in [2.45, 2.75) is 52.0 Å². The lowest BCUT2D eigenvalue weighted by Crippen LogP contribution is -2.47. The molecule has 2 heteroatoms. The summed E-state index contributed by atoms with van der Waals surface area (Å²) >= 11 is 0. The first kappa shape index (κ1) is 11.7. The fraction of sp³-hybridized carbons (Fsp3) is 0.714. The second-order valence-electron chi connectivity index (χ2n) is 6.21. The van der Waals surface area contributed by atoms with Gasteiger partial charge in [0.05, 0.1) is 6.26 Å². The molecule has 1 aliphatic rings. The summed E-state index contributed by atoms with van der Waals surface area (Å²) in [6.07, 6.45) is 6.89. The minimum absolute atomic E-state index is 0.214. The van der Waals surface area contributed by atoms with Crippen molar-refractivity contribution >= 4 is 0 Å². The summed E-state index contributed by atoms with van der Waals surface area (Å²) in [4.78, 5) is 0. The quantitative estimate of drug-likeness (QED) is 0.843. The standard InChI is InChI=1S/C14H23NO/c1-13(2,3)15-11-14(7-5-8-14)10-12-6-4-9-16-12/h4,6,9,15H,5,7-8,10-11H2,1-3H3. The van der Waals surface area contributed by atoms with E-state index in [1.165, 1.54) is 19.3 Å². The van der Waals surface area contributed by atoms with Gasteiger partial charge in [0.2, 0.25) is 0 Å². The molecular weight excluding hydrogens is 198 g/mol. The molecule has 90 valence electrons. The van der Waals surface area contributed by atoms with Gasteiger partial charge in [0.15, 0.2) is 0 Å². The zero-order valence-electron chi connectivity index (χ0n) is 10.7. The molecule has 2 rings (SSSR count). The molecule has 1 aromatic rings. The van der Waals surface area contributed by atoms with Crippen LogP contribution >= 0.6 is 0 Å². The first-order valence-electron chi connectivity index (χ1n) is 6.27. The average Bonchev–Trinajstić information content (AvgIpc) is 2.60. The Labute approximate surface area is 98.4 Å². The molecule has 1 N–H and O–H groups in total. The smallest absolute Gasteiger partial charge is 0.104 e. The summed E-state index contributed by atoms with van der Waals surface area (Å²) in [6, 6.07) is 4.08. The molecule has 0 atom stereocenters. The van der Waals surface area contributed by atoms with E-state index in [4.69, 9.17) is 4.42 Å². The Bertz CT molecular complexity index is 317. The number of hydrogen-bond donors (Lipinski definition) is 1. The molecule has 0 aromatic carbocycles. The summed E-state index contributed by atoms with van der Waals surface area (Å²) in [5.74, 6) is 1.13. The van der Waals surface area contributed by atoms with Crippen molar-refractivity contribution in [2.75, 3.05) is 6.54 Å². The van der Waals surface area contributed by atoms with E-state index < -0.39 is 0 Å². The van der Waals surface area contributed by atoms with Crippen LogP contribution in [0, 0.1) is 5.41 Å². The van der Waals surface area contributed by atoms with E-state index in [1.54, 1.807) is 6.26 Å². The second kappa shape index (κ2) is 4.25. The van der Waals surface area contributed by atoms with Gasteiger partial charge in [-0.3, -0.25) is 0 Å². The molecule has 1 saturated carbocycles. The van der Waals surface area contributed by atoms with Crippen molar-refractivity contribution < 1.29 is 4.42 Å². The molecule has 0 radical (unpaired) electrons. The minimum atomic E-state index is 0.214. The Balaban J connectivity index is 1.92. The van der Waals surface area contributed by atoms with Crippen molar-refractivity contribution in [2.24, 2.45) is 5.41 Å². The third-order valence-corrected chi connectivity index (χ3v) is 3.54. The van der Waals surface area contributed by atoms with E-state index in [-0.39, 0.29) is 5.54 Å². The predicted molar refractivity (Wildman–Crippen MR) is 66.5 cm³/mol. The van der Waals surface area contributed by atoms with Crippen LogP contribution in [-0.2, 0) is 6.42 Å². The van der Waals surface area contributed by atoms with E-state index >= 15 is 0 Å². The summed E-state index contributed by atoms with van der Waals surface area (Å²) in [5, 5.41) is 3.64. The monoisotopic (exact) mass is 221 g/mol. The van der Waals surface area contributed by atoms with Crippen LogP contribution in [0.1, 0.15) is 45.8 Å². The van der Waals surface area contributed by atoms with Crippen LogP contribution in [0.15, 0.2) is 22.8 Å². The van der Waals surface area contributed by atoms with Crippen molar-refractivity contribution in [1.82, 2.24) is 5.32 Å². The second-order valence-corrected chi connectivity index (χ2v) is 6.21. The summed E-state index contributed by atoms with van der Waals surface area (Å²) in [7, 11) is 0. The van der Waals surface area contributed by atoms with Crippen LogP contribution < -0.4 is 5.32 Å². The zero-order chi connectivity index (χ0) is 11.6. The maximum Gasteiger partial charge on any atom is 0.104 e. The van der Waals surface area contributed by atoms with Crippen molar-refractivity contribution in [3.63, 3.8) is 0 Å². The third-order valence-electron chi connectivity index (χ3n) is 3.54. The molecule has 0 bridgehead atoms. The molecule has 0 amide bonds. The first-order valence-corrected chi connectivity index (χ1v) is 6.27. The topological polar surface area (TPSA) is 25.2 Å². The number of nitrogens with one attached hydrogen (secondary N) is 1. The highest BCUT2D eigenvalue weighted by Crippen LogP contribution is 2.43. The van der Waals surface area contributed by atoms with Gasteiger partial charge in [0.1, 0.15) is 5.76 Å². The van der Waals surface area contributed by atoms with Crippen molar-refractivity contribution in [3.05, 3.63) is 24.2 Å². The predicted octanol–water partition coefficient (Wildman–Crippen LogP) is 3.38. The Morgan fingerprint density at radius 3 is 2.56 bits per heavy atom. The van der Waals surface area contributed by atoms with Gasteiger partial charge < -0.3 is 9.73 Å². The lowest BCUT2D eigenvalue weighted by molar-refractivity contribution is 0.110. The summed E-state index contributed by atoms with van der Waals surface area (Å²) < 4.78 is 5.47. The Kier molecular flexibility index (Phi) is 3.11. The van der Waals surface area contributed by atoms with E-state index in [0.717, 1.165) is 18.7 Å². The van der Waals surface area contributed by atoms with Gasteiger partial charge in [-0.25, -0.2) is 0 Å². The van der Waals surface area contributed by atoms with E-state index in [9.17, 15) is 0 Å². The van der Waals surface area contributed by atoms with Crippen LogP contribution in [0.3, 0.4) is 0 Å². The molecule has 0 spiro atoms. The van der Waals surface area contributed by atoms with Gasteiger partial charge in [-0.2, -0.15) is 0 Å². The molecule has 1 aliphatic carbocycles. The summed E-state index contributed by atoms with van der Waals surface area (Å²) in [5.41, 5.74) is 0.664. The Morgan fingerprint density at radius 2 is 2.12 bits per heavy atom. The molecule has 2 nitrogen and oxygen atoms in total. The highest BCUT2D eigenvalue weighted by molar-refractivity contribution is 5.05. The number of hydrogen-bond acceptors (Lipinski definition) is 2. The highest BCUT2D eigenvalue weighted by atomic mass is 16.3. The van der Waals surface area contributed by atoms with Gasteiger partial charge in [-0.05, 0) is 51.2 Å². The van der Waals surface area contributed by atoms with Gasteiger partial charge in [-0.1, -0.05) is 6.42 Å². The van der Waals surface area contributed by atoms with E-state index in [0.29, 0.717) is 5.41 Å². The highest BCUT2D eigenvalue weighted by Gasteiger charge is 2.38. The molecule has 0 aliphatic heterocycles. The average molecular weight is 221 g/mol. The van der Waals surface area contributed by atoms with Crippen LogP contribution in [0.4, 0.5) is 0 Å². The lowest BCUT2D eigenvalue weighted by atomic mass is 9.66. The van der Waals surface area contributed by atoms with Crippen LogP contribution in [0.25, 0.3) is 0 Å². The lowest BCUT2D eigenvalue weighted by Gasteiger charge is -2.43. The minimum Gasteiger partial charge on any atom is -0.469 e. The van der Waals surface area contributed by atoms with Gasteiger partial charge >= 0.3 is 0 Å². The Morgan fingerprint density at radius 1 is 1.38 bits per heavy atom. The fourth-order valence-electron chi connectivity index (χ4n) is 2.33. The molecule has 0 unspecified atom stereocenters. The normalized spacial score (nSPS) is 19.4. The van der Waals surface area contributed by atoms with Gasteiger partial charge in [-0.15, -0.1) is 0 Å². The molecule has 0 saturated heterocycles. The molecular formula is C14H23NO. The molecule has 1 fully saturated rings. The van der Waals surface area contributed by atoms with Crippen molar-refractivity contribution in [1.29, 1.82) is 0 Å². The molecule has 1 heterocycles. The van der Waals surface area contributed by atoms with Gasteiger partial charge in [0.25, 0.3) is 0 Å². The van der Waals surface area contributed by atoms with E-state index in [1.807, 2.05) is 6.07 Å².